The molecule has 0 aromatic rings. The lowest BCUT2D eigenvalue weighted by Crippen LogP contribution is -2.49. The lowest BCUT2D eigenvalue weighted by Gasteiger charge is -2.37. The highest BCUT2D eigenvalue weighted by Gasteiger charge is 2.33. The molecule has 2 rings (SSSR count). The molecule has 0 spiro atoms. The second-order valence-electron chi connectivity index (χ2n) is 4.72. The van der Waals surface area contributed by atoms with Gasteiger partial charge in [-0.1, -0.05) is 0 Å². The van der Waals surface area contributed by atoms with E-state index in [1.165, 1.54) is 38.8 Å². The van der Waals surface area contributed by atoms with Crippen molar-refractivity contribution in [1.29, 1.82) is 0 Å². The lowest BCUT2D eigenvalue weighted by atomic mass is 10.0. The van der Waals surface area contributed by atoms with Crippen LogP contribution in [0.25, 0.3) is 0 Å². The highest BCUT2D eigenvalue weighted by Crippen LogP contribution is 2.28. The van der Waals surface area contributed by atoms with Crippen LogP contribution < -0.4 is 5.32 Å². The van der Waals surface area contributed by atoms with Gasteiger partial charge in [-0.3, -0.25) is 4.90 Å². The number of rotatable bonds is 1. The van der Waals surface area contributed by atoms with Gasteiger partial charge in [0.2, 0.25) is 0 Å². The topological polar surface area (TPSA) is 15.3 Å². The highest BCUT2D eigenvalue weighted by atomic mass is 35.5. The van der Waals surface area contributed by atoms with E-state index in [2.05, 4.69) is 24.1 Å². The summed E-state index contributed by atoms with van der Waals surface area (Å²) in [7, 11) is 0. The third-order valence-corrected chi connectivity index (χ3v) is 3.71. The minimum Gasteiger partial charge on any atom is -0.315 e. The summed E-state index contributed by atoms with van der Waals surface area (Å²) >= 11 is 0. The molecule has 2 saturated heterocycles. The van der Waals surface area contributed by atoms with Crippen molar-refractivity contribution in [3.8, 4) is 0 Å². The predicted molar refractivity (Wildman–Crippen MR) is 70.4 cm³/mol. The quantitative estimate of drug-likeness (QED) is 0.774. The third-order valence-electron chi connectivity index (χ3n) is 3.71. The van der Waals surface area contributed by atoms with Crippen molar-refractivity contribution < 1.29 is 0 Å². The van der Waals surface area contributed by atoms with Crippen molar-refractivity contribution in [3.05, 3.63) is 0 Å². The molecule has 2 aliphatic rings. The van der Waals surface area contributed by atoms with Gasteiger partial charge in [0.1, 0.15) is 0 Å². The van der Waals surface area contributed by atoms with Crippen LogP contribution in [0.5, 0.6) is 0 Å². The molecule has 2 fully saturated rings. The van der Waals surface area contributed by atoms with E-state index in [0.717, 1.165) is 18.1 Å². The fourth-order valence-electron chi connectivity index (χ4n) is 3.02. The molecule has 0 amide bonds. The maximum atomic E-state index is 3.51. The lowest BCUT2D eigenvalue weighted by molar-refractivity contribution is 0.122. The average Bonchev–Trinajstić information content (AvgIpc) is 2.48. The van der Waals surface area contributed by atoms with Crippen LogP contribution in [-0.4, -0.2) is 36.1 Å². The average molecular weight is 255 g/mol. The Bertz CT molecular complexity index is 162. The molecule has 0 aromatic heterocycles. The SMILES string of the molecule is CC1CCC(C)N1C1CCCNC1.Cl.Cl. The van der Waals surface area contributed by atoms with Crippen molar-refractivity contribution in [3.63, 3.8) is 0 Å². The van der Waals surface area contributed by atoms with E-state index < -0.39 is 0 Å². The summed E-state index contributed by atoms with van der Waals surface area (Å²) in [6, 6.07) is 2.46. The van der Waals surface area contributed by atoms with E-state index in [4.69, 9.17) is 0 Å². The zero-order chi connectivity index (χ0) is 9.26. The second-order valence-corrected chi connectivity index (χ2v) is 4.72. The van der Waals surface area contributed by atoms with E-state index in [1.807, 2.05) is 0 Å². The summed E-state index contributed by atoms with van der Waals surface area (Å²) in [6.07, 6.45) is 5.57. The fourth-order valence-corrected chi connectivity index (χ4v) is 3.02. The normalized spacial score (nSPS) is 36.8. The Hall–Kier alpha value is 0.500. The van der Waals surface area contributed by atoms with E-state index in [9.17, 15) is 0 Å². The van der Waals surface area contributed by atoms with Gasteiger partial charge in [0, 0.05) is 24.7 Å². The maximum absolute atomic E-state index is 3.51. The molecule has 3 unspecified atom stereocenters. The van der Waals surface area contributed by atoms with Crippen molar-refractivity contribution in [2.24, 2.45) is 0 Å². The molecule has 15 heavy (non-hydrogen) atoms. The molecule has 4 heteroatoms. The summed E-state index contributed by atoms with van der Waals surface area (Å²) in [5, 5.41) is 3.51. The van der Waals surface area contributed by atoms with Crippen LogP contribution in [0.15, 0.2) is 0 Å². The molecule has 2 heterocycles. The Labute approximate surface area is 106 Å². The maximum Gasteiger partial charge on any atom is 0.0226 e. The van der Waals surface area contributed by atoms with Gasteiger partial charge >= 0.3 is 0 Å². The third kappa shape index (κ3) is 3.48. The molecule has 2 nitrogen and oxygen atoms in total. The van der Waals surface area contributed by atoms with Gasteiger partial charge in [0.05, 0.1) is 0 Å². The van der Waals surface area contributed by atoms with Gasteiger partial charge in [0.25, 0.3) is 0 Å². The molecule has 0 aromatic carbocycles. The smallest absolute Gasteiger partial charge is 0.0226 e. The molecule has 2 aliphatic heterocycles. The van der Waals surface area contributed by atoms with Gasteiger partial charge in [-0.15, -0.1) is 24.8 Å². The van der Waals surface area contributed by atoms with Crippen LogP contribution in [0.1, 0.15) is 39.5 Å². The molecule has 0 aliphatic carbocycles. The monoisotopic (exact) mass is 254 g/mol. The van der Waals surface area contributed by atoms with E-state index in [0.29, 0.717) is 0 Å². The second kappa shape index (κ2) is 6.95. The summed E-state index contributed by atoms with van der Waals surface area (Å²) < 4.78 is 0. The van der Waals surface area contributed by atoms with Crippen LogP contribution in [0, 0.1) is 0 Å². The van der Waals surface area contributed by atoms with E-state index in [-0.39, 0.29) is 24.8 Å². The molecular weight excluding hydrogens is 231 g/mol. The van der Waals surface area contributed by atoms with Gasteiger partial charge < -0.3 is 5.32 Å². The number of hydrogen-bond acceptors (Lipinski definition) is 2. The molecule has 3 atom stereocenters. The Morgan fingerprint density at radius 3 is 2.07 bits per heavy atom. The minimum absolute atomic E-state index is 0. The number of likely N-dealkylation sites (tertiary alicyclic amines) is 1. The Morgan fingerprint density at radius 2 is 1.60 bits per heavy atom. The number of nitrogens with zero attached hydrogens (tertiary/aromatic N) is 1. The summed E-state index contributed by atoms with van der Waals surface area (Å²) in [4.78, 5) is 2.74. The first-order chi connectivity index (χ1) is 6.29. The van der Waals surface area contributed by atoms with Crippen molar-refractivity contribution >= 4 is 24.8 Å². The number of nitrogens with one attached hydrogen (secondary N) is 1. The number of piperidine rings is 1. The number of halogens is 2. The molecular formula is C11H24Cl2N2. The highest BCUT2D eigenvalue weighted by molar-refractivity contribution is 5.85. The van der Waals surface area contributed by atoms with Gasteiger partial charge in [-0.2, -0.15) is 0 Å². The Morgan fingerprint density at radius 1 is 1.00 bits per heavy atom. The first-order valence-corrected chi connectivity index (χ1v) is 5.77. The Balaban J connectivity index is 0.000000980. The standard InChI is InChI=1S/C11H22N2.2ClH/c1-9-5-6-10(2)13(9)11-4-3-7-12-8-11;;/h9-12H,3-8H2,1-2H3;2*1H. The predicted octanol–water partition coefficient (Wildman–Crippen LogP) is 2.45. The molecule has 92 valence electrons. The van der Waals surface area contributed by atoms with Crippen molar-refractivity contribution in [2.75, 3.05) is 13.1 Å². The molecule has 0 bridgehead atoms. The first-order valence-electron chi connectivity index (χ1n) is 5.77. The minimum atomic E-state index is 0. The van der Waals surface area contributed by atoms with E-state index >= 15 is 0 Å². The van der Waals surface area contributed by atoms with Gasteiger partial charge in [-0.25, -0.2) is 0 Å². The first kappa shape index (κ1) is 15.5. The summed E-state index contributed by atoms with van der Waals surface area (Å²) in [5.41, 5.74) is 0. The van der Waals surface area contributed by atoms with Crippen LogP contribution >= 0.6 is 24.8 Å². The zero-order valence-electron chi connectivity index (χ0n) is 9.74. The van der Waals surface area contributed by atoms with Crippen LogP contribution in [0.4, 0.5) is 0 Å². The summed E-state index contributed by atoms with van der Waals surface area (Å²) in [6.45, 7) is 7.22. The van der Waals surface area contributed by atoms with Gasteiger partial charge in [0.15, 0.2) is 0 Å². The summed E-state index contributed by atoms with van der Waals surface area (Å²) in [5.74, 6) is 0. The van der Waals surface area contributed by atoms with Crippen LogP contribution in [-0.2, 0) is 0 Å². The van der Waals surface area contributed by atoms with Crippen molar-refractivity contribution in [1.82, 2.24) is 10.2 Å². The number of hydrogen-bond donors (Lipinski definition) is 1. The zero-order valence-corrected chi connectivity index (χ0v) is 11.4. The fraction of sp³-hybridized carbons (Fsp3) is 1.00. The molecule has 0 saturated carbocycles. The van der Waals surface area contributed by atoms with Crippen LogP contribution in [0.2, 0.25) is 0 Å². The largest absolute Gasteiger partial charge is 0.315 e. The van der Waals surface area contributed by atoms with E-state index in [1.54, 1.807) is 0 Å². The Kier molecular flexibility index (Phi) is 7.18. The van der Waals surface area contributed by atoms with Gasteiger partial charge in [-0.05, 0) is 46.1 Å². The van der Waals surface area contributed by atoms with Crippen LogP contribution in [0.3, 0.4) is 0 Å². The van der Waals surface area contributed by atoms with Crippen molar-refractivity contribution in [2.45, 2.75) is 57.7 Å². The molecule has 1 N–H and O–H groups in total. The molecule has 0 radical (unpaired) electrons.